The number of benzene rings is 1. The Morgan fingerprint density at radius 2 is 2.10 bits per heavy atom. The standard InChI is InChI=1S/C15H17NO3S/c1-10(11-3-5-13(19-2)6-4-11)16-8-14-7-12(9-20-14)15(17)18/h3-7,9-10,16H,8H2,1-2H3,(H,17,18). The summed E-state index contributed by atoms with van der Waals surface area (Å²) in [4.78, 5) is 11.8. The Kier molecular flexibility index (Phi) is 4.76. The van der Waals surface area contributed by atoms with E-state index in [1.807, 2.05) is 24.3 Å². The molecule has 5 heteroatoms. The van der Waals surface area contributed by atoms with Crippen LogP contribution in [0, 0.1) is 0 Å². The Hall–Kier alpha value is -1.85. The number of thiophene rings is 1. The molecule has 2 aromatic rings. The average molecular weight is 291 g/mol. The Morgan fingerprint density at radius 1 is 1.40 bits per heavy atom. The van der Waals surface area contributed by atoms with Crippen molar-refractivity contribution in [1.82, 2.24) is 5.32 Å². The Bertz CT molecular complexity index is 577. The van der Waals surface area contributed by atoms with Gasteiger partial charge >= 0.3 is 5.97 Å². The molecule has 106 valence electrons. The van der Waals surface area contributed by atoms with E-state index in [1.54, 1.807) is 18.6 Å². The third kappa shape index (κ3) is 3.59. The minimum atomic E-state index is -0.879. The van der Waals surface area contributed by atoms with Crippen molar-refractivity contribution in [2.24, 2.45) is 0 Å². The zero-order valence-electron chi connectivity index (χ0n) is 11.4. The van der Waals surface area contributed by atoms with Crippen LogP contribution in [0.2, 0.25) is 0 Å². The highest BCUT2D eigenvalue weighted by atomic mass is 32.1. The van der Waals surface area contributed by atoms with Crippen LogP contribution in [0.3, 0.4) is 0 Å². The second-order valence-corrected chi connectivity index (χ2v) is 5.48. The van der Waals surface area contributed by atoms with Crippen molar-refractivity contribution in [3.05, 3.63) is 51.7 Å². The van der Waals surface area contributed by atoms with Crippen molar-refractivity contribution in [2.75, 3.05) is 7.11 Å². The topological polar surface area (TPSA) is 58.6 Å². The molecule has 2 rings (SSSR count). The molecule has 0 aliphatic heterocycles. The monoisotopic (exact) mass is 291 g/mol. The molecule has 1 aromatic carbocycles. The number of carboxylic acids is 1. The fourth-order valence-electron chi connectivity index (χ4n) is 1.85. The quantitative estimate of drug-likeness (QED) is 0.857. The van der Waals surface area contributed by atoms with Crippen LogP contribution in [-0.4, -0.2) is 18.2 Å². The van der Waals surface area contributed by atoms with Crippen molar-refractivity contribution in [2.45, 2.75) is 19.5 Å². The molecule has 2 N–H and O–H groups in total. The van der Waals surface area contributed by atoms with Crippen LogP contribution in [0.4, 0.5) is 0 Å². The third-order valence-electron chi connectivity index (χ3n) is 3.10. The van der Waals surface area contributed by atoms with Crippen LogP contribution in [0.15, 0.2) is 35.7 Å². The van der Waals surface area contributed by atoms with Crippen LogP contribution in [-0.2, 0) is 6.54 Å². The van der Waals surface area contributed by atoms with Crippen molar-refractivity contribution in [3.63, 3.8) is 0 Å². The fraction of sp³-hybridized carbons (Fsp3) is 0.267. The van der Waals surface area contributed by atoms with Gasteiger partial charge in [0.05, 0.1) is 12.7 Å². The molecule has 0 saturated heterocycles. The van der Waals surface area contributed by atoms with E-state index in [9.17, 15) is 4.79 Å². The molecule has 1 aromatic heterocycles. The van der Waals surface area contributed by atoms with E-state index in [0.29, 0.717) is 12.1 Å². The molecule has 0 radical (unpaired) electrons. The van der Waals surface area contributed by atoms with Crippen LogP contribution >= 0.6 is 11.3 Å². The van der Waals surface area contributed by atoms with Gasteiger partial charge in [-0.1, -0.05) is 12.1 Å². The van der Waals surface area contributed by atoms with E-state index in [4.69, 9.17) is 9.84 Å². The van der Waals surface area contributed by atoms with Gasteiger partial charge in [0.25, 0.3) is 0 Å². The van der Waals surface area contributed by atoms with Crippen LogP contribution in [0.1, 0.15) is 33.8 Å². The zero-order valence-corrected chi connectivity index (χ0v) is 12.2. The Morgan fingerprint density at radius 3 is 2.65 bits per heavy atom. The third-order valence-corrected chi connectivity index (χ3v) is 4.04. The second kappa shape index (κ2) is 6.54. The number of carbonyl (C=O) groups is 1. The SMILES string of the molecule is COc1ccc(C(C)NCc2cc(C(=O)O)cs2)cc1. The van der Waals surface area contributed by atoms with Gasteiger partial charge in [-0.05, 0) is 30.7 Å². The number of rotatable bonds is 6. The lowest BCUT2D eigenvalue weighted by Crippen LogP contribution is -2.17. The van der Waals surface area contributed by atoms with E-state index in [1.165, 1.54) is 16.9 Å². The summed E-state index contributed by atoms with van der Waals surface area (Å²) in [5.74, 6) is -0.0407. The minimum absolute atomic E-state index is 0.191. The van der Waals surface area contributed by atoms with E-state index in [-0.39, 0.29) is 6.04 Å². The Balaban J connectivity index is 1.93. The number of carboxylic acid groups (broad SMARTS) is 1. The van der Waals surface area contributed by atoms with E-state index in [0.717, 1.165) is 10.6 Å². The molecule has 1 atom stereocenters. The first-order chi connectivity index (χ1) is 9.60. The average Bonchev–Trinajstić information content (AvgIpc) is 2.94. The number of hydrogen-bond acceptors (Lipinski definition) is 4. The van der Waals surface area contributed by atoms with Crippen molar-refractivity contribution >= 4 is 17.3 Å². The number of methoxy groups -OCH3 is 1. The largest absolute Gasteiger partial charge is 0.497 e. The lowest BCUT2D eigenvalue weighted by atomic mass is 10.1. The number of hydrogen-bond donors (Lipinski definition) is 2. The maximum atomic E-state index is 10.8. The second-order valence-electron chi connectivity index (χ2n) is 4.48. The van der Waals surface area contributed by atoms with Crippen LogP contribution in [0.5, 0.6) is 5.75 Å². The normalized spacial score (nSPS) is 12.1. The molecule has 0 fully saturated rings. The van der Waals surface area contributed by atoms with Crippen LogP contribution < -0.4 is 10.1 Å². The molecular formula is C15H17NO3S. The highest BCUT2D eigenvalue weighted by Gasteiger charge is 2.09. The molecule has 0 aliphatic carbocycles. The summed E-state index contributed by atoms with van der Waals surface area (Å²) >= 11 is 1.46. The van der Waals surface area contributed by atoms with Gasteiger partial charge in [0, 0.05) is 22.8 Å². The summed E-state index contributed by atoms with van der Waals surface area (Å²) in [6, 6.07) is 9.81. The molecular weight excluding hydrogens is 274 g/mol. The van der Waals surface area contributed by atoms with Gasteiger partial charge < -0.3 is 15.2 Å². The number of ether oxygens (including phenoxy) is 1. The Labute approximate surface area is 122 Å². The molecule has 4 nitrogen and oxygen atoms in total. The van der Waals surface area contributed by atoms with Gasteiger partial charge in [-0.3, -0.25) is 0 Å². The molecule has 0 bridgehead atoms. The van der Waals surface area contributed by atoms with Gasteiger partial charge in [-0.2, -0.15) is 0 Å². The minimum Gasteiger partial charge on any atom is -0.497 e. The predicted molar refractivity (Wildman–Crippen MR) is 79.5 cm³/mol. The van der Waals surface area contributed by atoms with Crippen LogP contribution in [0.25, 0.3) is 0 Å². The number of nitrogens with one attached hydrogen (secondary N) is 1. The maximum absolute atomic E-state index is 10.8. The summed E-state index contributed by atoms with van der Waals surface area (Å²) in [6.07, 6.45) is 0. The molecule has 0 saturated carbocycles. The van der Waals surface area contributed by atoms with Gasteiger partial charge in [0.15, 0.2) is 0 Å². The summed E-state index contributed by atoms with van der Waals surface area (Å²) < 4.78 is 5.13. The van der Waals surface area contributed by atoms with E-state index < -0.39 is 5.97 Å². The van der Waals surface area contributed by atoms with Crippen molar-refractivity contribution in [3.8, 4) is 5.75 Å². The molecule has 0 aliphatic rings. The van der Waals surface area contributed by atoms with Gasteiger partial charge in [0.2, 0.25) is 0 Å². The molecule has 0 spiro atoms. The van der Waals surface area contributed by atoms with Gasteiger partial charge in [-0.25, -0.2) is 4.79 Å². The summed E-state index contributed by atoms with van der Waals surface area (Å²) in [5, 5.41) is 13.9. The lowest BCUT2D eigenvalue weighted by Gasteiger charge is -2.14. The number of aromatic carboxylic acids is 1. The molecule has 1 unspecified atom stereocenters. The van der Waals surface area contributed by atoms with Crippen molar-refractivity contribution in [1.29, 1.82) is 0 Å². The first-order valence-electron chi connectivity index (χ1n) is 6.28. The van der Waals surface area contributed by atoms with Crippen molar-refractivity contribution < 1.29 is 14.6 Å². The first-order valence-corrected chi connectivity index (χ1v) is 7.16. The van der Waals surface area contributed by atoms with E-state index in [2.05, 4.69) is 12.2 Å². The zero-order chi connectivity index (χ0) is 14.5. The lowest BCUT2D eigenvalue weighted by molar-refractivity contribution is 0.0697. The summed E-state index contributed by atoms with van der Waals surface area (Å²) in [6.45, 7) is 2.73. The summed E-state index contributed by atoms with van der Waals surface area (Å²) in [7, 11) is 1.65. The first kappa shape index (κ1) is 14.6. The highest BCUT2D eigenvalue weighted by Crippen LogP contribution is 2.19. The van der Waals surface area contributed by atoms with Gasteiger partial charge in [-0.15, -0.1) is 11.3 Å². The highest BCUT2D eigenvalue weighted by molar-refractivity contribution is 7.10. The maximum Gasteiger partial charge on any atom is 0.336 e. The molecule has 0 amide bonds. The molecule has 20 heavy (non-hydrogen) atoms. The molecule has 1 heterocycles. The smallest absolute Gasteiger partial charge is 0.336 e. The van der Waals surface area contributed by atoms with E-state index >= 15 is 0 Å². The fourth-order valence-corrected chi connectivity index (χ4v) is 2.66. The predicted octanol–water partition coefficient (Wildman–Crippen LogP) is 3.31. The van der Waals surface area contributed by atoms with Gasteiger partial charge in [0.1, 0.15) is 5.75 Å². The summed E-state index contributed by atoms with van der Waals surface area (Å²) in [5.41, 5.74) is 1.52.